The molecule has 27 heavy (non-hydrogen) atoms. The van der Waals surface area contributed by atoms with E-state index >= 15 is 0 Å². The summed E-state index contributed by atoms with van der Waals surface area (Å²) >= 11 is 0. The molecule has 0 saturated carbocycles. The highest BCUT2D eigenvalue weighted by Gasteiger charge is 2.07. The third-order valence-electron chi connectivity index (χ3n) is 3.96. The van der Waals surface area contributed by atoms with Gasteiger partial charge in [-0.15, -0.1) is 0 Å². The summed E-state index contributed by atoms with van der Waals surface area (Å²) in [5, 5.41) is 3.34. The number of amides is 1. The van der Waals surface area contributed by atoms with E-state index in [9.17, 15) is 13.6 Å². The van der Waals surface area contributed by atoms with Crippen molar-refractivity contribution in [1.29, 1.82) is 0 Å². The van der Waals surface area contributed by atoms with Gasteiger partial charge in [0.25, 0.3) is 5.91 Å². The van der Waals surface area contributed by atoms with Crippen LogP contribution in [-0.4, -0.2) is 5.91 Å². The third kappa shape index (κ3) is 5.36. The van der Waals surface area contributed by atoms with Crippen molar-refractivity contribution in [2.24, 2.45) is 0 Å². The highest BCUT2D eigenvalue weighted by molar-refractivity contribution is 5.94. The Kier molecular flexibility index (Phi) is 6.12. The molecule has 0 aromatic heterocycles. The fraction of sp³-hybridized carbons (Fsp3) is 0.0952. The molecule has 0 fully saturated rings. The molecule has 3 N–H and O–H groups in total. The van der Waals surface area contributed by atoms with Crippen molar-refractivity contribution in [2.75, 3.05) is 5.43 Å². The molecule has 0 aliphatic rings. The maximum Gasteiger partial charge on any atom is 0.269 e. The van der Waals surface area contributed by atoms with Gasteiger partial charge in [-0.25, -0.2) is 8.78 Å². The molecule has 138 valence electrons. The number of nitrogens with one attached hydrogen (secondary N) is 3. The van der Waals surface area contributed by atoms with E-state index in [0.29, 0.717) is 12.1 Å². The summed E-state index contributed by atoms with van der Waals surface area (Å²) in [6.07, 6.45) is 0. The van der Waals surface area contributed by atoms with E-state index in [2.05, 4.69) is 28.3 Å². The highest BCUT2D eigenvalue weighted by atomic mass is 19.1. The van der Waals surface area contributed by atoms with Crippen LogP contribution in [0.2, 0.25) is 0 Å². The lowest BCUT2D eigenvalue weighted by Crippen LogP contribution is -2.29. The second-order valence-electron chi connectivity index (χ2n) is 5.99. The van der Waals surface area contributed by atoms with Crippen LogP contribution in [0.3, 0.4) is 0 Å². The molecule has 1 amide bonds. The summed E-state index contributed by atoms with van der Waals surface area (Å²) in [6.45, 7) is 1.44. The molecule has 4 nitrogen and oxygen atoms in total. The molecule has 0 bridgehead atoms. The fourth-order valence-corrected chi connectivity index (χ4v) is 2.51. The van der Waals surface area contributed by atoms with Crippen LogP contribution in [-0.2, 0) is 13.1 Å². The van der Waals surface area contributed by atoms with Crippen molar-refractivity contribution in [1.82, 2.24) is 10.7 Å². The molecule has 0 atom stereocenters. The van der Waals surface area contributed by atoms with Crippen LogP contribution in [0.1, 0.15) is 21.5 Å². The first kappa shape index (κ1) is 18.5. The molecule has 0 spiro atoms. The lowest BCUT2D eigenvalue weighted by Gasteiger charge is -2.10. The highest BCUT2D eigenvalue weighted by Crippen LogP contribution is 2.14. The van der Waals surface area contributed by atoms with Gasteiger partial charge in [0.2, 0.25) is 0 Å². The second-order valence-corrected chi connectivity index (χ2v) is 5.99. The van der Waals surface area contributed by atoms with Crippen LogP contribution >= 0.6 is 0 Å². The van der Waals surface area contributed by atoms with E-state index in [1.54, 1.807) is 12.1 Å². The maximum atomic E-state index is 13.5. The zero-order valence-corrected chi connectivity index (χ0v) is 14.5. The molecular formula is C21H19F2N3O. The number of carbonyl (C=O) groups is 1. The normalized spacial score (nSPS) is 10.4. The Labute approximate surface area is 156 Å². The van der Waals surface area contributed by atoms with E-state index in [1.165, 1.54) is 11.6 Å². The van der Waals surface area contributed by atoms with Gasteiger partial charge < -0.3 is 5.32 Å². The average molecular weight is 367 g/mol. The van der Waals surface area contributed by atoms with Crippen LogP contribution in [0.5, 0.6) is 0 Å². The quantitative estimate of drug-likeness (QED) is 0.553. The number of hydrogen-bond donors (Lipinski definition) is 3. The van der Waals surface area contributed by atoms with Crippen molar-refractivity contribution >= 4 is 11.6 Å². The molecule has 0 saturated heterocycles. The minimum absolute atomic E-state index is 0.00789. The number of rotatable bonds is 7. The molecule has 3 aromatic carbocycles. The average Bonchev–Trinajstić information content (AvgIpc) is 2.68. The van der Waals surface area contributed by atoms with Gasteiger partial charge in [0, 0.05) is 24.7 Å². The Morgan fingerprint density at radius 1 is 0.815 bits per heavy atom. The maximum absolute atomic E-state index is 13.5. The fourth-order valence-electron chi connectivity index (χ4n) is 2.51. The van der Waals surface area contributed by atoms with Crippen LogP contribution in [0, 0.1) is 11.6 Å². The largest absolute Gasteiger partial charge is 0.309 e. The Morgan fingerprint density at radius 3 is 2.15 bits per heavy atom. The molecule has 0 aliphatic carbocycles. The summed E-state index contributed by atoms with van der Waals surface area (Å²) < 4.78 is 26.4. The van der Waals surface area contributed by atoms with Gasteiger partial charge in [0.15, 0.2) is 5.82 Å². The van der Waals surface area contributed by atoms with Crippen molar-refractivity contribution in [2.45, 2.75) is 13.1 Å². The SMILES string of the molecule is O=C(NNc1ccc(F)cc1F)c1ccc(CNCc2ccccc2)cc1. The van der Waals surface area contributed by atoms with Gasteiger partial charge in [-0.05, 0) is 35.4 Å². The Morgan fingerprint density at radius 2 is 1.48 bits per heavy atom. The molecule has 0 aliphatic heterocycles. The van der Waals surface area contributed by atoms with E-state index in [1.807, 2.05) is 30.3 Å². The zero-order valence-electron chi connectivity index (χ0n) is 14.5. The first-order valence-electron chi connectivity index (χ1n) is 8.47. The van der Waals surface area contributed by atoms with E-state index in [0.717, 1.165) is 24.2 Å². The minimum Gasteiger partial charge on any atom is -0.309 e. The topological polar surface area (TPSA) is 53.2 Å². The molecule has 3 rings (SSSR count). The number of carbonyl (C=O) groups excluding carboxylic acids is 1. The molecule has 6 heteroatoms. The summed E-state index contributed by atoms with van der Waals surface area (Å²) in [6, 6.07) is 20.2. The Bertz CT molecular complexity index is 899. The van der Waals surface area contributed by atoms with E-state index in [4.69, 9.17) is 0 Å². The van der Waals surface area contributed by atoms with E-state index in [-0.39, 0.29) is 5.69 Å². The van der Waals surface area contributed by atoms with Crippen molar-refractivity contribution < 1.29 is 13.6 Å². The lowest BCUT2D eigenvalue weighted by molar-refractivity contribution is 0.0962. The first-order chi connectivity index (χ1) is 13.1. The minimum atomic E-state index is -0.782. The van der Waals surface area contributed by atoms with Gasteiger partial charge in [0.1, 0.15) is 5.82 Å². The summed E-state index contributed by atoms with van der Waals surface area (Å²) in [5.41, 5.74) is 7.51. The first-order valence-corrected chi connectivity index (χ1v) is 8.47. The standard InChI is InChI=1S/C21H19F2N3O/c22-18-10-11-20(19(23)12-18)25-26-21(27)17-8-6-16(7-9-17)14-24-13-15-4-2-1-3-5-15/h1-12,24-25H,13-14H2,(H,26,27). The number of hydrazine groups is 1. The van der Waals surface area contributed by atoms with Gasteiger partial charge >= 0.3 is 0 Å². The Balaban J connectivity index is 1.49. The monoisotopic (exact) mass is 367 g/mol. The summed E-state index contributed by atoms with van der Waals surface area (Å²) in [4.78, 5) is 12.1. The number of halogens is 2. The predicted octanol–water partition coefficient (Wildman–Crippen LogP) is 4.01. The molecule has 0 unspecified atom stereocenters. The van der Waals surface area contributed by atoms with Crippen molar-refractivity contribution in [3.05, 3.63) is 101 Å². The van der Waals surface area contributed by atoms with Crippen molar-refractivity contribution in [3.63, 3.8) is 0 Å². The number of anilines is 1. The molecule has 3 aromatic rings. The van der Waals surface area contributed by atoms with Crippen LogP contribution in [0.4, 0.5) is 14.5 Å². The lowest BCUT2D eigenvalue weighted by atomic mass is 10.1. The van der Waals surface area contributed by atoms with Gasteiger partial charge in [-0.1, -0.05) is 42.5 Å². The third-order valence-corrected chi connectivity index (χ3v) is 3.96. The smallest absolute Gasteiger partial charge is 0.269 e. The predicted molar refractivity (Wildman–Crippen MR) is 101 cm³/mol. The van der Waals surface area contributed by atoms with Crippen LogP contribution in [0.15, 0.2) is 72.8 Å². The van der Waals surface area contributed by atoms with Gasteiger partial charge in [-0.2, -0.15) is 0 Å². The van der Waals surface area contributed by atoms with Crippen molar-refractivity contribution in [3.8, 4) is 0 Å². The number of hydrogen-bond acceptors (Lipinski definition) is 3. The zero-order chi connectivity index (χ0) is 19.1. The van der Waals surface area contributed by atoms with Gasteiger partial charge in [0.05, 0.1) is 5.69 Å². The molecular weight excluding hydrogens is 348 g/mol. The Hall–Kier alpha value is -3.25. The van der Waals surface area contributed by atoms with Crippen LogP contribution in [0.25, 0.3) is 0 Å². The second kappa shape index (κ2) is 8.91. The summed E-state index contributed by atoms with van der Waals surface area (Å²) in [5.74, 6) is -1.88. The molecule has 0 radical (unpaired) electrons. The molecule has 0 heterocycles. The summed E-state index contributed by atoms with van der Waals surface area (Å²) in [7, 11) is 0. The van der Waals surface area contributed by atoms with E-state index < -0.39 is 17.5 Å². The van der Waals surface area contributed by atoms with Crippen LogP contribution < -0.4 is 16.2 Å². The number of benzene rings is 3. The van der Waals surface area contributed by atoms with Gasteiger partial charge in [-0.3, -0.25) is 15.6 Å².